The minimum Gasteiger partial charge on any atom is -0.376 e. The summed E-state index contributed by atoms with van der Waals surface area (Å²) in [5, 5.41) is 0.344. The molecule has 0 saturated heterocycles. The minimum absolute atomic E-state index is 0.210. The molecule has 1 rings (SSSR count). The largest absolute Gasteiger partial charge is 0.376 e. The van der Waals surface area contributed by atoms with E-state index < -0.39 is 6.04 Å². The number of benzene rings is 1. The normalized spacial score (nSPS) is 15.3. The van der Waals surface area contributed by atoms with Crippen molar-refractivity contribution in [2.24, 2.45) is 11.3 Å². The summed E-state index contributed by atoms with van der Waals surface area (Å²) in [6.07, 6.45) is -0.295. The standard InChI is InChI=1S/C14H22ClFN2O/c1-5-19-13(14(2,3)4)12(18-17)11-9(15)7-6-8-10(11)16/h6-8,12-13,18H,5,17H2,1-4H3. The minimum atomic E-state index is -0.506. The topological polar surface area (TPSA) is 47.3 Å². The third-order valence-electron chi connectivity index (χ3n) is 2.99. The Morgan fingerprint density at radius 3 is 2.47 bits per heavy atom. The molecule has 0 heterocycles. The van der Waals surface area contributed by atoms with Crippen molar-refractivity contribution in [3.05, 3.63) is 34.6 Å². The molecule has 1 aromatic carbocycles. The summed E-state index contributed by atoms with van der Waals surface area (Å²) in [6.45, 7) is 8.48. The Labute approximate surface area is 119 Å². The molecule has 0 aliphatic heterocycles. The number of hydrazine groups is 1. The first-order chi connectivity index (χ1) is 8.82. The quantitative estimate of drug-likeness (QED) is 0.644. The van der Waals surface area contributed by atoms with Crippen LogP contribution in [0.15, 0.2) is 18.2 Å². The highest BCUT2D eigenvalue weighted by Crippen LogP contribution is 2.36. The van der Waals surface area contributed by atoms with E-state index in [1.165, 1.54) is 6.07 Å². The third-order valence-corrected chi connectivity index (χ3v) is 3.32. The Balaban J connectivity index is 3.24. The van der Waals surface area contributed by atoms with Gasteiger partial charge < -0.3 is 4.74 Å². The Kier molecular flexibility index (Phi) is 5.74. The molecule has 2 atom stereocenters. The lowest BCUT2D eigenvalue weighted by molar-refractivity contribution is -0.0373. The molecule has 3 nitrogen and oxygen atoms in total. The monoisotopic (exact) mass is 288 g/mol. The van der Waals surface area contributed by atoms with Gasteiger partial charge in [-0.1, -0.05) is 38.4 Å². The van der Waals surface area contributed by atoms with Crippen molar-refractivity contribution >= 4 is 11.6 Å². The van der Waals surface area contributed by atoms with E-state index in [0.717, 1.165) is 0 Å². The molecular weight excluding hydrogens is 267 g/mol. The molecule has 0 spiro atoms. The zero-order valence-corrected chi connectivity index (χ0v) is 12.6. The highest BCUT2D eigenvalue weighted by molar-refractivity contribution is 6.31. The maximum absolute atomic E-state index is 14.0. The molecule has 0 aliphatic rings. The summed E-state index contributed by atoms with van der Waals surface area (Å²) in [4.78, 5) is 0. The van der Waals surface area contributed by atoms with Crippen LogP contribution in [0.4, 0.5) is 4.39 Å². The summed E-state index contributed by atoms with van der Waals surface area (Å²) < 4.78 is 19.8. The second-order valence-electron chi connectivity index (χ2n) is 5.52. The van der Waals surface area contributed by atoms with Crippen molar-refractivity contribution in [3.8, 4) is 0 Å². The van der Waals surface area contributed by atoms with Gasteiger partial charge >= 0.3 is 0 Å². The lowest BCUT2D eigenvalue weighted by Crippen LogP contribution is -2.45. The second kappa shape index (κ2) is 6.66. The van der Waals surface area contributed by atoms with Gasteiger partial charge in [-0.2, -0.15) is 0 Å². The Morgan fingerprint density at radius 1 is 1.42 bits per heavy atom. The third kappa shape index (κ3) is 3.89. The van der Waals surface area contributed by atoms with Crippen molar-refractivity contribution in [2.45, 2.75) is 39.8 Å². The lowest BCUT2D eigenvalue weighted by atomic mass is 9.82. The van der Waals surface area contributed by atoms with Gasteiger partial charge in [-0.15, -0.1) is 0 Å². The highest BCUT2D eigenvalue weighted by atomic mass is 35.5. The van der Waals surface area contributed by atoms with Crippen LogP contribution < -0.4 is 11.3 Å². The van der Waals surface area contributed by atoms with E-state index >= 15 is 0 Å². The molecule has 5 heteroatoms. The van der Waals surface area contributed by atoms with Crippen LogP contribution >= 0.6 is 11.6 Å². The number of nitrogens with two attached hydrogens (primary N) is 1. The molecule has 1 aromatic rings. The van der Waals surface area contributed by atoms with Crippen LogP contribution in [0, 0.1) is 11.2 Å². The van der Waals surface area contributed by atoms with Gasteiger partial charge in [0, 0.05) is 17.2 Å². The highest BCUT2D eigenvalue weighted by Gasteiger charge is 2.35. The van der Waals surface area contributed by atoms with Crippen molar-refractivity contribution in [2.75, 3.05) is 6.61 Å². The van der Waals surface area contributed by atoms with E-state index in [0.29, 0.717) is 17.2 Å². The van der Waals surface area contributed by atoms with Crippen LogP contribution in [0.3, 0.4) is 0 Å². The molecule has 0 radical (unpaired) electrons. The molecule has 0 amide bonds. The zero-order chi connectivity index (χ0) is 14.6. The smallest absolute Gasteiger partial charge is 0.129 e. The van der Waals surface area contributed by atoms with Gasteiger partial charge in [0.25, 0.3) is 0 Å². The van der Waals surface area contributed by atoms with E-state index in [2.05, 4.69) is 5.43 Å². The number of rotatable bonds is 5. The molecule has 0 fully saturated rings. The first kappa shape index (κ1) is 16.4. The summed E-state index contributed by atoms with van der Waals surface area (Å²) in [5.74, 6) is 5.23. The van der Waals surface area contributed by atoms with Gasteiger partial charge in [0.2, 0.25) is 0 Å². The van der Waals surface area contributed by atoms with Crippen LogP contribution in [-0.4, -0.2) is 12.7 Å². The molecule has 2 unspecified atom stereocenters. The average molecular weight is 289 g/mol. The maximum atomic E-state index is 14.0. The van der Waals surface area contributed by atoms with E-state index in [1.54, 1.807) is 12.1 Å². The van der Waals surface area contributed by atoms with Crippen molar-refractivity contribution in [3.63, 3.8) is 0 Å². The van der Waals surface area contributed by atoms with Gasteiger partial charge in [0.1, 0.15) is 5.82 Å². The fourth-order valence-electron chi connectivity index (χ4n) is 2.16. The number of halogens is 2. The van der Waals surface area contributed by atoms with Crippen molar-refractivity contribution < 1.29 is 9.13 Å². The summed E-state index contributed by atoms with van der Waals surface area (Å²) in [5.41, 5.74) is 2.78. The molecule has 108 valence electrons. The first-order valence-electron chi connectivity index (χ1n) is 6.34. The van der Waals surface area contributed by atoms with E-state index in [4.69, 9.17) is 22.2 Å². The van der Waals surface area contributed by atoms with Gasteiger partial charge in [0.15, 0.2) is 0 Å². The molecular formula is C14H22ClFN2O. The second-order valence-corrected chi connectivity index (χ2v) is 5.93. The van der Waals surface area contributed by atoms with E-state index in [-0.39, 0.29) is 17.3 Å². The predicted molar refractivity (Wildman–Crippen MR) is 76.3 cm³/mol. The molecule has 19 heavy (non-hydrogen) atoms. The molecule has 0 aliphatic carbocycles. The van der Waals surface area contributed by atoms with Crippen LogP contribution in [-0.2, 0) is 4.74 Å². The molecule has 0 saturated carbocycles. The molecule has 3 N–H and O–H groups in total. The molecule has 0 bridgehead atoms. The number of nitrogens with one attached hydrogen (secondary N) is 1. The van der Waals surface area contributed by atoms with Gasteiger partial charge in [-0.05, 0) is 24.5 Å². The van der Waals surface area contributed by atoms with Crippen LogP contribution in [0.2, 0.25) is 5.02 Å². The first-order valence-corrected chi connectivity index (χ1v) is 6.72. The van der Waals surface area contributed by atoms with Gasteiger partial charge in [-0.3, -0.25) is 11.3 Å². The SMILES string of the molecule is CCOC(C(NN)c1c(F)cccc1Cl)C(C)(C)C. The van der Waals surface area contributed by atoms with Crippen molar-refractivity contribution in [1.29, 1.82) is 0 Å². The van der Waals surface area contributed by atoms with E-state index in [9.17, 15) is 4.39 Å². The summed E-state index contributed by atoms with van der Waals surface area (Å²) in [6, 6.07) is 4.09. The summed E-state index contributed by atoms with van der Waals surface area (Å²) in [7, 11) is 0. The zero-order valence-electron chi connectivity index (χ0n) is 11.8. The average Bonchev–Trinajstić information content (AvgIpc) is 2.30. The van der Waals surface area contributed by atoms with Crippen LogP contribution in [0.25, 0.3) is 0 Å². The number of hydrogen-bond acceptors (Lipinski definition) is 3. The summed E-state index contributed by atoms with van der Waals surface area (Å²) >= 11 is 6.11. The van der Waals surface area contributed by atoms with Gasteiger partial charge in [0.05, 0.1) is 12.1 Å². The fourth-order valence-corrected chi connectivity index (χ4v) is 2.44. The predicted octanol–water partition coefficient (Wildman–Crippen LogP) is 3.43. The maximum Gasteiger partial charge on any atom is 0.129 e. The van der Waals surface area contributed by atoms with Gasteiger partial charge in [-0.25, -0.2) is 4.39 Å². The lowest BCUT2D eigenvalue weighted by Gasteiger charge is -2.37. The van der Waals surface area contributed by atoms with Crippen molar-refractivity contribution in [1.82, 2.24) is 5.43 Å². The van der Waals surface area contributed by atoms with Crippen LogP contribution in [0.5, 0.6) is 0 Å². The fraction of sp³-hybridized carbons (Fsp3) is 0.571. The Morgan fingerprint density at radius 2 is 2.05 bits per heavy atom. The number of hydrogen-bond donors (Lipinski definition) is 2. The Hall–Kier alpha value is -0.680. The number of ether oxygens (including phenoxy) is 1. The van der Waals surface area contributed by atoms with E-state index in [1.807, 2.05) is 27.7 Å². The van der Waals surface area contributed by atoms with Crippen LogP contribution in [0.1, 0.15) is 39.3 Å². The molecule has 0 aromatic heterocycles. The Bertz CT molecular complexity index is 400.